The molecule has 0 amide bonds. The van der Waals surface area contributed by atoms with Gasteiger partial charge in [0.05, 0.1) is 29.9 Å². The van der Waals surface area contributed by atoms with Crippen molar-refractivity contribution < 1.29 is 4.74 Å². The molecule has 5 nitrogen and oxygen atoms in total. The molecule has 0 aliphatic carbocycles. The monoisotopic (exact) mass is 516 g/mol. The minimum absolute atomic E-state index is 0.122. The average molecular weight is 517 g/mol. The second-order valence-electron chi connectivity index (χ2n) is 9.32. The number of hydrogen-bond acceptors (Lipinski definition) is 3. The van der Waals surface area contributed by atoms with Crippen molar-refractivity contribution in [3.8, 4) is 11.4 Å². The lowest BCUT2D eigenvalue weighted by Crippen LogP contribution is -2.29. The number of halogens is 1. The van der Waals surface area contributed by atoms with Crippen molar-refractivity contribution in [2.75, 3.05) is 12.0 Å². The summed E-state index contributed by atoms with van der Waals surface area (Å²) in [7, 11) is 1.62. The maximum atomic E-state index is 6.54. The van der Waals surface area contributed by atoms with E-state index >= 15 is 0 Å². The molecule has 0 bridgehead atoms. The quantitative estimate of drug-likeness (QED) is 0.291. The summed E-state index contributed by atoms with van der Waals surface area (Å²) in [6.07, 6.45) is 1.82. The molecule has 4 aromatic rings. The summed E-state index contributed by atoms with van der Waals surface area (Å²) in [4.78, 5) is 6.83. The van der Waals surface area contributed by atoms with E-state index in [2.05, 4.69) is 71.7 Å². The molecule has 36 heavy (non-hydrogen) atoms. The van der Waals surface area contributed by atoms with E-state index in [1.807, 2.05) is 42.6 Å². The summed E-state index contributed by atoms with van der Waals surface area (Å²) in [5, 5.41) is 4.71. The zero-order chi connectivity index (χ0) is 25.6. The van der Waals surface area contributed by atoms with Crippen molar-refractivity contribution in [1.82, 2.24) is 14.9 Å². The number of hydrogen-bond donors (Lipinski definition) is 1. The van der Waals surface area contributed by atoms with Gasteiger partial charge in [-0.25, -0.2) is 0 Å². The molecule has 1 aliphatic rings. The normalized spacial score (nSPS) is 17.4. The minimum Gasteiger partial charge on any atom is -0.495 e. The molecule has 2 unspecified atom stereocenters. The van der Waals surface area contributed by atoms with Crippen LogP contribution >= 0.6 is 23.8 Å². The van der Waals surface area contributed by atoms with Crippen LogP contribution in [-0.4, -0.2) is 21.8 Å². The van der Waals surface area contributed by atoms with E-state index in [0.717, 1.165) is 22.8 Å². The lowest BCUT2D eigenvalue weighted by atomic mass is 9.96. The first-order valence-corrected chi connectivity index (χ1v) is 12.7. The van der Waals surface area contributed by atoms with Crippen LogP contribution in [0, 0.1) is 27.7 Å². The van der Waals surface area contributed by atoms with E-state index in [0.29, 0.717) is 15.9 Å². The largest absolute Gasteiger partial charge is 0.495 e. The van der Waals surface area contributed by atoms with E-state index in [1.165, 1.54) is 22.4 Å². The number of methoxy groups -OCH3 is 1. The van der Waals surface area contributed by atoms with Crippen molar-refractivity contribution in [3.05, 3.63) is 106 Å². The zero-order valence-corrected chi connectivity index (χ0v) is 22.6. The number of thiocarbonyl (C=S) groups is 1. The molecule has 7 heteroatoms. The molecule has 0 saturated carbocycles. The predicted molar refractivity (Wildman–Crippen MR) is 151 cm³/mol. The zero-order valence-electron chi connectivity index (χ0n) is 21.0. The molecular weight excluding hydrogens is 488 g/mol. The smallest absolute Gasteiger partial charge is 0.174 e. The molecule has 0 spiro atoms. The van der Waals surface area contributed by atoms with Gasteiger partial charge in [-0.1, -0.05) is 23.7 Å². The molecule has 2 aromatic heterocycles. The van der Waals surface area contributed by atoms with Crippen LogP contribution in [0.25, 0.3) is 5.69 Å². The topological polar surface area (TPSA) is 42.3 Å². The maximum Gasteiger partial charge on any atom is 0.174 e. The SMILES string of the molecule is COc1ccc(N2C(=S)NC(c3ccccn3)C2c2cc(C)n(-c3cc(C)cc(C)c3)c2C)cc1Cl. The number of ether oxygens (including phenoxy) is 1. The van der Waals surface area contributed by atoms with Gasteiger partial charge < -0.3 is 19.5 Å². The van der Waals surface area contributed by atoms with Gasteiger partial charge in [-0.3, -0.25) is 4.98 Å². The Morgan fingerprint density at radius 1 is 0.944 bits per heavy atom. The van der Waals surface area contributed by atoms with Gasteiger partial charge in [0.15, 0.2) is 5.11 Å². The maximum absolute atomic E-state index is 6.54. The molecule has 5 rings (SSSR count). The standard InChI is InChI=1S/C29H29ClN4OS/c1-17-12-18(2)14-22(13-17)33-19(3)15-23(20(33)4)28-27(25-8-6-7-11-31-25)32-29(36)34(28)21-9-10-26(35-5)24(30)16-21/h6-16,27-28H,1-5H3,(H,32,36). The molecule has 3 heterocycles. The van der Waals surface area contributed by atoms with Crippen LogP contribution in [0.4, 0.5) is 5.69 Å². The Labute approximate surface area is 222 Å². The van der Waals surface area contributed by atoms with Crippen LogP contribution in [0.3, 0.4) is 0 Å². The highest BCUT2D eigenvalue weighted by molar-refractivity contribution is 7.80. The van der Waals surface area contributed by atoms with Gasteiger partial charge in [-0.2, -0.15) is 0 Å². The number of aryl methyl sites for hydroxylation is 3. The Morgan fingerprint density at radius 2 is 1.69 bits per heavy atom. The van der Waals surface area contributed by atoms with Crippen LogP contribution in [-0.2, 0) is 0 Å². The molecular formula is C29H29ClN4OS. The Kier molecular flexibility index (Phi) is 6.49. The van der Waals surface area contributed by atoms with Crippen molar-refractivity contribution >= 4 is 34.6 Å². The first kappa shape index (κ1) is 24.3. The van der Waals surface area contributed by atoms with E-state index < -0.39 is 0 Å². The van der Waals surface area contributed by atoms with E-state index in [1.54, 1.807) is 7.11 Å². The lowest BCUT2D eigenvalue weighted by molar-refractivity contribution is 0.415. The summed E-state index contributed by atoms with van der Waals surface area (Å²) in [5.74, 6) is 0.629. The Hall–Kier alpha value is -3.35. The third-order valence-corrected chi connectivity index (χ3v) is 7.38. The van der Waals surface area contributed by atoms with Crippen molar-refractivity contribution in [2.24, 2.45) is 0 Å². The van der Waals surface area contributed by atoms with Crippen LogP contribution < -0.4 is 15.0 Å². The third-order valence-electron chi connectivity index (χ3n) is 6.77. The van der Waals surface area contributed by atoms with Gasteiger partial charge in [0, 0.05) is 29.0 Å². The summed E-state index contributed by atoms with van der Waals surface area (Å²) in [5.41, 5.74) is 8.99. The van der Waals surface area contributed by atoms with Gasteiger partial charge in [-0.05, 0) is 105 Å². The second kappa shape index (κ2) is 9.60. The number of rotatable bonds is 5. The van der Waals surface area contributed by atoms with Crippen LogP contribution in [0.2, 0.25) is 5.02 Å². The van der Waals surface area contributed by atoms with E-state index in [9.17, 15) is 0 Å². The Balaban J connectivity index is 1.69. The number of pyridine rings is 1. The molecule has 1 N–H and O–H groups in total. The summed E-state index contributed by atoms with van der Waals surface area (Å²) < 4.78 is 7.71. The predicted octanol–water partition coefficient (Wildman–Crippen LogP) is 6.95. The van der Waals surface area contributed by atoms with Gasteiger partial charge >= 0.3 is 0 Å². The van der Waals surface area contributed by atoms with Gasteiger partial charge in [0.25, 0.3) is 0 Å². The summed E-state index contributed by atoms with van der Waals surface area (Å²) >= 11 is 12.4. The van der Waals surface area contributed by atoms with Crippen LogP contribution in [0.5, 0.6) is 5.75 Å². The molecule has 1 aliphatic heterocycles. The first-order chi connectivity index (χ1) is 17.3. The highest BCUT2D eigenvalue weighted by Crippen LogP contribution is 2.45. The molecule has 2 aromatic carbocycles. The summed E-state index contributed by atoms with van der Waals surface area (Å²) in [6.45, 7) is 8.60. The number of benzene rings is 2. The number of anilines is 1. The van der Waals surface area contributed by atoms with Crippen molar-refractivity contribution in [3.63, 3.8) is 0 Å². The summed E-state index contributed by atoms with van der Waals surface area (Å²) in [6, 6.07) is 20.4. The Bertz CT molecular complexity index is 1430. The van der Waals surface area contributed by atoms with Gasteiger partial charge in [0.1, 0.15) is 5.75 Å². The third kappa shape index (κ3) is 4.25. The molecule has 1 saturated heterocycles. The van der Waals surface area contributed by atoms with Crippen molar-refractivity contribution in [1.29, 1.82) is 0 Å². The first-order valence-electron chi connectivity index (χ1n) is 11.9. The fourth-order valence-corrected chi connectivity index (χ4v) is 5.92. The fourth-order valence-electron chi connectivity index (χ4n) is 5.32. The van der Waals surface area contributed by atoms with E-state index in [4.69, 9.17) is 28.6 Å². The van der Waals surface area contributed by atoms with Crippen LogP contribution in [0.15, 0.2) is 66.9 Å². The molecule has 2 atom stereocenters. The Morgan fingerprint density at radius 3 is 2.33 bits per heavy atom. The number of aromatic nitrogens is 2. The lowest BCUT2D eigenvalue weighted by Gasteiger charge is -2.28. The fraction of sp³-hybridized carbons (Fsp3) is 0.241. The minimum atomic E-state index is -0.132. The number of nitrogens with zero attached hydrogens (tertiary/aromatic N) is 3. The van der Waals surface area contributed by atoms with Gasteiger partial charge in [-0.15, -0.1) is 0 Å². The highest BCUT2D eigenvalue weighted by atomic mass is 35.5. The molecule has 184 valence electrons. The molecule has 0 radical (unpaired) electrons. The average Bonchev–Trinajstić information content (AvgIpc) is 3.34. The molecule has 1 fully saturated rings. The highest BCUT2D eigenvalue weighted by Gasteiger charge is 2.42. The van der Waals surface area contributed by atoms with Crippen LogP contribution in [0.1, 0.15) is 45.9 Å². The van der Waals surface area contributed by atoms with Crippen molar-refractivity contribution in [2.45, 2.75) is 39.8 Å². The van der Waals surface area contributed by atoms with E-state index in [-0.39, 0.29) is 12.1 Å². The second-order valence-corrected chi connectivity index (χ2v) is 10.1. The van der Waals surface area contributed by atoms with Gasteiger partial charge in [0.2, 0.25) is 0 Å². The number of nitrogens with one attached hydrogen (secondary N) is 1.